The lowest BCUT2D eigenvalue weighted by atomic mass is 9.84. The second-order valence-electron chi connectivity index (χ2n) is 8.98. The number of urea groups is 2. The number of carboxylic acids is 1. The molecule has 1 aliphatic heterocycles. The summed E-state index contributed by atoms with van der Waals surface area (Å²) in [7, 11) is 0. The van der Waals surface area contributed by atoms with Gasteiger partial charge in [0.1, 0.15) is 5.82 Å². The summed E-state index contributed by atoms with van der Waals surface area (Å²) in [5.41, 5.74) is 2.78. The molecule has 0 radical (unpaired) electrons. The van der Waals surface area contributed by atoms with Gasteiger partial charge < -0.3 is 26.0 Å². The number of aliphatic carboxylic acids is 1. The van der Waals surface area contributed by atoms with E-state index in [2.05, 4.69) is 16.0 Å². The van der Waals surface area contributed by atoms with Crippen molar-refractivity contribution in [3.63, 3.8) is 0 Å². The van der Waals surface area contributed by atoms with Gasteiger partial charge in [-0.05, 0) is 73.4 Å². The average Bonchev–Trinajstić information content (AvgIpc) is 2.81. The van der Waals surface area contributed by atoms with Crippen LogP contribution in [0.15, 0.2) is 42.5 Å². The first kappa shape index (κ1) is 23.5. The highest BCUT2D eigenvalue weighted by atomic mass is 19.1. The molecule has 2 aromatic rings. The molecule has 1 saturated carbocycles. The lowest BCUT2D eigenvalue weighted by molar-refractivity contribution is -0.138. The average molecular weight is 469 g/mol. The molecule has 2 aromatic carbocycles. The third-order valence-corrected chi connectivity index (χ3v) is 6.52. The van der Waals surface area contributed by atoms with Crippen molar-refractivity contribution in [2.45, 2.75) is 51.1 Å². The van der Waals surface area contributed by atoms with Crippen LogP contribution in [-0.4, -0.2) is 40.6 Å². The molecule has 0 aromatic heterocycles. The second kappa shape index (κ2) is 10.5. The van der Waals surface area contributed by atoms with E-state index in [4.69, 9.17) is 5.11 Å². The SMILES string of the molecule is O=C(O)CC1CCC(NC(=O)N2CCc3cc(NC(=O)Nc4ccccc4F)ccc3C2)CC1. The van der Waals surface area contributed by atoms with E-state index >= 15 is 0 Å². The Morgan fingerprint density at radius 1 is 1.00 bits per heavy atom. The monoisotopic (exact) mass is 468 g/mol. The smallest absolute Gasteiger partial charge is 0.323 e. The van der Waals surface area contributed by atoms with Crippen LogP contribution in [0.4, 0.5) is 25.4 Å². The van der Waals surface area contributed by atoms with E-state index in [0.29, 0.717) is 25.2 Å². The Labute approximate surface area is 197 Å². The van der Waals surface area contributed by atoms with Crippen molar-refractivity contribution in [2.75, 3.05) is 17.2 Å². The van der Waals surface area contributed by atoms with Gasteiger partial charge in [-0.2, -0.15) is 0 Å². The Kier molecular flexibility index (Phi) is 7.30. The van der Waals surface area contributed by atoms with Crippen LogP contribution in [0.3, 0.4) is 0 Å². The minimum Gasteiger partial charge on any atom is -0.481 e. The molecule has 34 heavy (non-hydrogen) atoms. The Balaban J connectivity index is 1.28. The quantitative estimate of drug-likeness (QED) is 0.515. The summed E-state index contributed by atoms with van der Waals surface area (Å²) in [4.78, 5) is 37.7. The summed E-state index contributed by atoms with van der Waals surface area (Å²) >= 11 is 0. The third kappa shape index (κ3) is 6.03. The third-order valence-electron chi connectivity index (χ3n) is 6.52. The molecular weight excluding hydrogens is 439 g/mol. The van der Waals surface area contributed by atoms with Gasteiger partial charge in [0.25, 0.3) is 0 Å². The van der Waals surface area contributed by atoms with E-state index in [0.717, 1.165) is 36.8 Å². The van der Waals surface area contributed by atoms with E-state index in [1.807, 2.05) is 12.1 Å². The number of hydrogen-bond donors (Lipinski definition) is 4. The number of halogens is 1. The number of carboxylic acid groups (broad SMARTS) is 1. The Bertz CT molecular complexity index is 1070. The predicted molar refractivity (Wildman–Crippen MR) is 126 cm³/mol. The van der Waals surface area contributed by atoms with Crippen molar-refractivity contribution in [1.82, 2.24) is 10.2 Å². The fourth-order valence-corrected chi connectivity index (χ4v) is 4.68. The van der Waals surface area contributed by atoms with Crippen molar-refractivity contribution in [3.8, 4) is 0 Å². The molecule has 0 atom stereocenters. The number of benzene rings is 2. The fraction of sp³-hybridized carbons (Fsp3) is 0.400. The van der Waals surface area contributed by atoms with Gasteiger partial charge in [0.15, 0.2) is 0 Å². The highest BCUT2D eigenvalue weighted by Crippen LogP contribution is 2.28. The largest absolute Gasteiger partial charge is 0.481 e. The predicted octanol–water partition coefficient (Wildman–Crippen LogP) is 4.57. The number of anilines is 2. The molecule has 180 valence electrons. The highest BCUT2D eigenvalue weighted by Gasteiger charge is 2.27. The highest BCUT2D eigenvalue weighted by molar-refractivity contribution is 5.99. The first-order chi connectivity index (χ1) is 16.4. The van der Waals surface area contributed by atoms with Crippen LogP contribution in [0.25, 0.3) is 0 Å². The van der Waals surface area contributed by atoms with Crippen LogP contribution in [0.1, 0.15) is 43.2 Å². The molecular formula is C25H29FN4O4. The van der Waals surface area contributed by atoms with E-state index in [1.165, 1.54) is 12.1 Å². The number of carbonyl (C=O) groups excluding carboxylic acids is 2. The molecule has 0 spiro atoms. The molecule has 0 unspecified atom stereocenters. The van der Waals surface area contributed by atoms with Crippen LogP contribution >= 0.6 is 0 Å². The van der Waals surface area contributed by atoms with Gasteiger partial charge in [0.2, 0.25) is 0 Å². The summed E-state index contributed by atoms with van der Waals surface area (Å²) in [6.45, 7) is 1.05. The van der Waals surface area contributed by atoms with Crippen molar-refractivity contribution in [1.29, 1.82) is 0 Å². The first-order valence-corrected chi connectivity index (χ1v) is 11.6. The van der Waals surface area contributed by atoms with Gasteiger partial charge in [-0.25, -0.2) is 14.0 Å². The van der Waals surface area contributed by atoms with Crippen molar-refractivity contribution in [3.05, 3.63) is 59.4 Å². The van der Waals surface area contributed by atoms with Gasteiger partial charge >= 0.3 is 18.0 Å². The summed E-state index contributed by atoms with van der Waals surface area (Å²) in [5, 5.41) is 17.3. The number of para-hydroxylation sites is 1. The van der Waals surface area contributed by atoms with Gasteiger partial charge in [-0.15, -0.1) is 0 Å². The van der Waals surface area contributed by atoms with Gasteiger partial charge in [-0.3, -0.25) is 4.79 Å². The van der Waals surface area contributed by atoms with Crippen LogP contribution in [0, 0.1) is 11.7 Å². The lowest BCUT2D eigenvalue weighted by Gasteiger charge is -2.33. The number of hydrogen-bond acceptors (Lipinski definition) is 3. The molecule has 1 heterocycles. The lowest BCUT2D eigenvalue weighted by Crippen LogP contribution is -2.47. The first-order valence-electron chi connectivity index (χ1n) is 11.6. The molecule has 4 rings (SSSR count). The maximum atomic E-state index is 13.7. The Morgan fingerprint density at radius 2 is 1.76 bits per heavy atom. The van der Waals surface area contributed by atoms with E-state index in [-0.39, 0.29) is 30.1 Å². The minimum atomic E-state index is -0.761. The summed E-state index contributed by atoms with van der Waals surface area (Å²) in [6, 6.07) is 11.0. The normalized spacial score (nSPS) is 19.6. The molecule has 4 N–H and O–H groups in total. The molecule has 0 bridgehead atoms. The van der Waals surface area contributed by atoms with Crippen LogP contribution in [-0.2, 0) is 17.8 Å². The standard InChI is InChI=1S/C25H29FN4O4/c26-21-3-1-2-4-22(21)29-24(33)27-20-10-7-18-15-30(12-11-17(18)14-20)25(34)28-19-8-5-16(6-9-19)13-23(31)32/h1-4,7,10,14,16,19H,5-6,8-9,11-13,15H2,(H,28,34)(H,31,32)(H2,27,29,33). The van der Waals surface area contributed by atoms with Crippen LogP contribution in [0.5, 0.6) is 0 Å². The molecule has 8 nitrogen and oxygen atoms in total. The topological polar surface area (TPSA) is 111 Å². The second-order valence-corrected chi connectivity index (χ2v) is 8.98. The van der Waals surface area contributed by atoms with E-state index in [1.54, 1.807) is 23.1 Å². The van der Waals surface area contributed by atoms with Gasteiger partial charge in [0.05, 0.1) is 5.69 Å². The summed E-state index contributed by atoms with van der Waals surface area (Å²) < 4.78 is 13.7. The molecule has 1 fully saturated rings. The zero-order valence-electron chi connectivity index (χ0n) is 18.9. The number of rotatable bonds is 5. The van der Waals surface area contributed by atoms with Crippen molar-refractivity contribution < 1.29 is 23.9 Å². The van der Waals surface area contributed by atoms with Crippen molar-refractivity contribution in [2.24, 2.45) is 5.92 Å². The Hall–Kier alpha value is -3.62. The van der Waals surface area contributed by atoms with Gasteiger partial charge in [-0.1, -0.05) is 18.2 Å². The number of nitrogens with zero attached hydrogens (tertiary/aromatic N) is 1. The van der Waals surface area contributed by atoms with Crippen LogP contribution in [0.2, 0.25) is 0 Å². The fourth-order valence-electron chi connectivity index (χ4n) is 4.68. The number of fused-ring (bicyclic) bond motifs is 1. The number of amides is 4. The maximum Gasteiger partial charge on any atom is 0.323 e. The van der Waals surface area contributed by atoms with Gasteiger partial charge in [0, 0.05) is 31.2 Å². The van der Waals surface area contributed by atoms with E-state index < -0.39 is 17.8 Å². The Morgan fingerprint density at radius 3 is 2.50 bits per heavy atom. The molecule has 4 amide bonds. The molecule has 2 aliphatic rings. The zero-order chi connectivity index (χ0) is 24.1. The maximum absolute atomic E-state index is 13.7. The molecule has 0 saturated heterocycles. The molecule has 1 aliphatic carbocycles. The number of carbonyl (C=O) groups is 3. The van der Waals surface area contributed by atoms with Crippen LogP contribution < -0.4 is 16.0 Å². The molecule has 9 heteroatoms. The summed E-state index contributed by atoms with van der Waals surface area (Å²) in [6.07, 6.45) is 4.11. The zero-order valence-corrected chi connectivity index (χ0v) is 18.9. The van der Waals surface area contributed by atoms with E-state index in [9.17, 15) is 18.8 Å². The minimum absolute atomic E-state index is 0.0819. The van der Waals surface area contributed by atoms with Crippen molar-refractivity contribution >= 4 is 29.4 Å². The summed E-state index contributed by atoms with van der Waals surface area (Å²) in [5.74, 6) is -1.07. The number of nitrogens with one attached hydrogen (secondary N) is 3.